The molecule has 2 aromatic heterocycles. The van der Waals surface area contributed by atoms with Crippen LogP contribution in [-0.2, 0) is 0 Å². The van der Waals surface area contributed by atoms with Gasteiger partial charge in [0.05, 0.1) is 22.3 Å². The van der Waals surface area contributed by atoms with Crippen molar-refractivity contribution in [2.45, 2.75) is 6.92 Å². The molecule has 4 rings (SSSR count). The Labute approximate surface area is 159 Å². The van der Waals surface area contributed by atoms with Crippen molar-refractivity contribution in [3.63, 3.8) is 0 Å². The fourth-order valence-electron chi connectivity index (χ4n) is 2.85. The zero-order valence-corrected chi connectivity index (χ0v) is 15.0. The molecule has 0 bridgehead atoms. The molecule has 0 saturated carbocycles. The lowest BCUT2D eigenvalue weighted by Crippen LogP contribution is -2.14. The molecular weight excluding hydrogens is 367 g/mol. The molecule has 0 spiro atoms. The van der Waals surface area contributed by atoms with Crippen molar-refractivity contribution in [1.29, 1.82) is 0 Å². The van der Waals surface area contributed by atoms with Gasteiger partial charge in [-0.15, -0.1) is 0 Å². The van der Waals surface area contributed by atoms with Gasteiger partial charge in [-0.3, -0.25) is 4.79 Å². The molecule has 1 amide bonds. The first kappa shape index (κ1) is 17.2. The molecular formula is C20H14ClFN4O. The summed E-state index contributed by atoms with van der Waals surface area (Å²) < 4.78 is 16.7. The number of carbonyl (C=O) groups is 1. The molecule has 134 valence electrons. The number of carbonyl (C=O) groups excluding carboxylic acids is 1. The predicted octanol–water partition coefficient (Wildman–Crippen LogP) is 4.77. The molecule has 0 saturated heterocycles. The first-order chi connectivity index (χ1) is 13.0. The van der Waals surface area contributed by atoms with Gasteiger partial charge in [-0.05, 0) is 43.3 Å². The number of nitrogens with one attached hydrogen (secondary N) is 1. The second-order valence-corrected chi connectivity index (χ2v) is 6.41. The summed E-state index contributed by atoms with van der Waals surface area (Å²) >= 11 is 5.83. The summed E-state index contributed by atoms with van der Waals surface area (Å²) in [6, 6.07) is 15.9. The van der Waals surface area contributed by atoms with Crippen molar-refractivity contribution >= 4 is 34.2 Å². The normalized spacial score (nSPS) is 10.9. The Hall–Kier alpha value is -3.25. The summed E-state index contributed by atoms with van der Waals surface area (Å²) in [5.74, 6) is -1.23. The Bertz CT molecular complexity index is 1140. The average molecular weight is 381 g/mol. The van der Waals surface area contributed by atoms with Crippen LogP contribution in [0.2, 0.25) is 5.02 Å². The maximum Gasteiger partial charge on any atom is 0.260 e. The van der Waals surface area contributed by atoms with Gasteiger partial charge in [-0.1, -0.05) is 29.8 Å². The van der Waals surface area contributed by atoms with Crippen LogP contribution >= 0.6 is 11.6 Å². The zero-order valence-electron chi connectivity index (χ0n) is 14.3. The van der Waals surface area contributed by atoms with Crippen molar-refractivity contribution in [3.8, 4) is 5.69 Å². The number of benzene rings is 2. The van der Waals surface area contributed by atoms with Crippen LogP contribution in [0.3, 0.4) is 0 Å². The minimum Gasteiger partial charge on any atom is -0.322 e. The van der Waals surface area contributed by atoms with Gasteiger partial charge < -0.3 is 5.32 Å². The number of rotatable bonds is 3. The highest BCUT2D eigenvalue weighted by Gasteiger charge is 2.21. The molecule has 0 radical (unpaired) electrons. The Balaban J connectivity index is 1.75. The van der Waals surface area contributed by atoms with Crippen LogP contribution < -0.4 is 5.32 Å². The minimum atomic E-state index is -0.647. The maximum absolute atomic E-state index is 15.1. The molecule has 0 unspecified atom stereocenters. The quantitative estimate of drug-likeness (QED) is 0.556. The van der Waals surface area contributed by atoms with Gasteiger partial charge in [0.25, 0.3) is 5.91 Å². The zero-order chi connectivity index (χ0) is 19.0. The number of pyridine rings is 1. The van der Waals surface area contributed by atoms with Crippen LogP contribution in [-0.4, -0.2) is 20.7 Å². The Morgan fingerprint density at radius 1 is 1.11 bits per heavy atom. The van der Waals surface area contributed by atoms with Crippen LogP contribution in [0.1, 0.15) is 16.1 Å². The van der Waals surface area contributed by atoms with Crippen molar-refractivity contribution in [3.05, 3.63) is 82.9 Å². The van der Waals surface area contributed by atoms with E-state index in [4.69, 9.17) is 11.6 Å². The average Bonchev–Trinajstić information content (AvgIpc) is 3.02. The lowest BCUT2D eigenvalue weighted by molar-refractivity contribution is 0.102. The number of hydrogen-bond acceptors (Lipinski definition) is 3. The number of para-hydroxylation sites is 1. The van der Waals surface area contributed by atoms with E-state index in [1.807, 2.05) is 30.3 Å². The molecule has 1 N–H and O–H groups in total. The third kappa shape index (κ3) is 3.15. The van der Waals surface area contributed by atoms with E-state index < -0.39 is 11.7 Å². The summed E-state index contributed by atoms with van der Waals surface area (Å²) in [5, 5.41) is 7.80. The Morgan fingerprint density at radius 2 is 1.81 bits per heavy atom. The number of halogens is 2. The molecule has 2 aromatic carbocycles. The first-order valence-electron chi connectivity index (χ1n) is 8.21. The van der Waals surface area contributed by atoms with Gasteiger partial charge in [0.2, 0.25) is 0 Å². The molecule has 5 nitrogen and oxygen atoms in total. The lowest BCUT2D eigenvalue weighted by Gasteiger charge is -2.07. The molecule has 0 fully saturated rings. The Kier molecular flexibility index (Phi) is 4.33. The third-order valence-electron chi connectivity index (χ3n) is 4.16. The van der Waals surface area contributed by atoms with Crippen molar-refractivity contribution in [2.24, 2.45) is 0 Å². The number of aromatic nitrogens is 3. The van der Waals surface area contributed by atoms with Gasteiger partial charge in [0.1, 0.15) is 5.82 Å². The first-order valence-corrected chi connectivity index (χ1v) is 8.58. The number of hydrogen-bond donors (Lipinski definition) is 1. The van der Waals surface area contributed by atoms with Crippen LogP contribution in [0.25, 0.3) is 16.7 Å². The van der Waals surface area contributed by atoms with E-state index in [0.717, 1.165) is 5.69 Å². The van der Waals surface area contributed by atoms with Crippen molar-refractivity contribution in [2.75, 3.05) is 5.32 Å². The summed E-state index contributed by atoms with van der Waals surface area (Å²) in [7, 11) is 0. The number of amides is 1. The SMILES string of the molecule is Cc1nn(-c2ccccc2)c2ncc(C(=O)Nc3ccc(Cl)cc3)c(F)c12. The number of aryl methyl sites for hydroxylation is 1. The van der Waals surface area contributed by atoms with E-state index in [-0.39, 0.29) is 10.9 Å². The minimum absolute atomic E-state index is 0.145. The number of fused-ring (bicyclic) bond motifs is 1. The second kappa shape index (κ2) is 6.81. The fourth-order valence-corrected chi connectivity index (χ4v) is 2.97. The van der Waals surface area contributed by atoms with E-state index >= 15 is 4.39 Å². The highest BCUT2D eigenvalue weighted by Crippen LogP contribution is 2.25. The van der Waals surface area contributed by atoms with Crippen LogP contribution in [0.15, 0.2) is 60.8 Å². The molecule has 7 heteroatoms. The second-order valence-electron chi connectivity index (χ2n) is 5.98. The lowest BCUT2D eigenvalue weighted by atomic mass is 10.1. The van der Waals surface area contributed by atoms with E-state index in [2.05, 4.69) is 15.4 Å². The maximum atomic E-state index is 15.1. The highest BCUT2D eigenvalue weighted by atomic mass is 35.5. The highest BCUT2D eigenvalue weighted by molar-refractivity contribution is 6.30. The van der Waals surface area contributed by atoms with Gasteiger partial charge in [-0.2, -0.15) is 5.10 Å². The van der Waals surface area contributed by atoms with Crippen LogP contribution in [0, 0.1) is 12.7 Å². The van der Waals surface area contributed by atoms with Gasteiger partial charge >= 0.3 is 0 Å². The molecule has 0 aliphatic rings. The molecule has 2 heterocycles. The molecule has 0 aliphatic carbocycles. The van der Waals surface area contributed by atoms with E-state index in [0.29, 0.717) is 22.1 Å². The third-order valence-corrected chi connectivity index (χ3v) is 4.41. The summed E-state index contributed by atoms with van der Waals surface area (Å²) in [5.41, 5.74) is 1.95. The topological polar surface area (TPSA) is 59.8 Å². The number of nitrogens with zero attached hydrogens (tertiary/aromatic N) is 3. The summed E-state index contributed by atoms with van der Waals surface area (Å²) in [6.07, 6.45) is 1.23. The van der Waals surface area contributed by atoms with E-state index in [9.17, 15) is 4.79 Å². The molecule has 0 aliphatic heterocycles. The van der Waals surface area contributed by atoms with Gasteiger partial charge in [0, 0.05) is 16.9 Å². The standard InChI is InChI=1S/C20H14ClFN4O/c1-12-17-18(22)16(20(27)24-14-9-7-13(21)8-10-14)11-23-19(17)26(25-12)15-5-3-2-4-6-15/h2-11H,1H3,(H,24,27). The smallest absolute Gasteiger partial charge is 0.260 e. The van der Waals surface area contributed by atoms with Crippen LogP contribution in [0.5, 0.6) is 0 Å². The van der Waals surface area contributed by atoms with E-state index in [1.165, 1.54) is 6.20 Å². The molecule has 27 heavy (non-hydrogen) atoms. The summed E-state index contributed by atoms with van der Waals surface area (Å²) in [4.78, 5) is 16.8. The van der Waals surface area contributed by atoms with Crippen LogP contribution in [0.4, 0.5) is 10.1 Å². The molecule has 4 aromatic rings. The monoisotopic (exact) mass is 380 g/mol. The fraction of sp³-hybridized carbons (Fsp3) is 0.0500. The number of anilines is 1. The Morgan fingerprint density at radius 3 is 2.52 bits per heavy atom. The van der Waals surface area contributed by atoms with Gasteiger partial charge in [0.15, 0.2) is 5.65 Å². The van der Waals surface area contributed by atoms with Crippen molar-refractivity contribution in [1.82, 2.24) is 14.8 Å². The summed E-state index contributed by atoms with van der Waals surface area (Å²) in [6.45, 7) is 1.69. The van der Waals surface area contributed by atoms with Crippen molar-refractivity contribution < 1.29 is 9.18 Å². The predicted molar refractivity (Wildman–Crippen MR) is 103 cm³/mol. The van der Waals surface area contributed by atoms with E-state index in [1.54, 1.807) is 35.9 Å². The largest absolute Gasteiger partial charge is 0.322 e. The molecule has 0 atom stereocenters. The van der Waals surface area contributed by atoms with Gasteiger partial charge in [-0.25, -0.2) is 14.1 Å².